The zero-order valence-electron chi connectivity index (χ0n) is 12.2. The average molecular weight is 272 g/mol. The zero-order valence-corrected chi connectivity index (χ0v) is 12.2. The molecule has 5 nitrogen and oxygen atoms in total. The molecule has 0 aromatic carbocycles. The van der Waals surface area contributed by atoms with E-state index in [1.807, 2.05) is 11.8 Å². The number of carbonyl (C=O) groups excluding carboxylic acids is 1. The van der Waals surface area contributed by atoms with Gasteiger partial charge in [-0.1, -0.05) is 13.3 Å². The van der Waals surface area contributed by atoms with E-state index in [2.05, 4.69) is 6.92 Å². The maximum Gasteiger partial charge on any atom is 0.222 e. The van der Waals surface area contributed by atoms with Gasteiger partial charge >= 0.3 is 0 Å². The van der Waals surface area contributed by atoms with Crippen LogP contribution in [0.4, 0.5) is 0 Å². The van der Waals surface area contributed by atoms with E-state index >= 15 is 0 Å². The summed E-state index contributed by atoms with van der Waals surface area (Å²) in [7, 11) is 0. The number of rotatable bonds is 7. The van der Waals surface area contributed by atoms with Gasteiger partial charge < -0.3 is 20.5 Å². The van der Waals surface area contributed by atoms with Gasteiger partial charge in [-0.3, -0.25) is 4.79 Å². The molecular formula is C14H28N2O3. The quantitative estimate of drug-likeness (QED) is 0.717. The summed E-state index contributed by atoms with van der Waals surface area (Å²) in [4.78, 5) is 14.0. The van der Waals surface area contributed by atoms with Crippen molar-refractivity contribution in [2.45, 2.75) is 51.7 Å². The molecule has 5 heteroatoms. The van der Waals surface area contributed by atoms with Gasteiger partial charge in [0.15, 0.2) is 0 Å². The van der Waals surface area contributed by atoms with Gasteiger partial charge in [0.1, 0.15) is 0 Å². The van der Waals surface area contributed by atoms with Gasteiger partial charge in [-0.05, 0) is 32.2 Å². The first-order chi connectivity index (χ1) is 9.10. The molecule has 0 bridgehead atoms. The number of hydrogen-bond donors (Lipinski definition) is 2. The molecule has 0 saturated carbocycles. The Bertz CT molecular complexity index is 273. The molecule has 1 fully saturated rings. The van der Waals surface area contributed by atoms with Crippen LogP contribution in [-0.2, 0) is 9.53 Å². The van der Waals surface area contributed by atoms with E-state index in [1.54, 1.807) is 0 Å². The van der Waals surface area contributed by atoms with E-state index in [9.17, 15) is 4.79 Å². The average Bonchev–Trinajstić information content (AvgIpc) is 2.42. The molecular weight excluding hydrogens is 244 g/mol. The standard InChI is InChI=1S/C14H28N2O3/c1-3-12(6-7-15)4-5-14(18)16-8-11(2)19-13(9-16)10-17/h11-13,17H,3-10,15H2,1-2H3. The summed E-state index contributed by atoms with van der Waals surface area (Å²) in [6.45, 7) is 5.87. The molecule has 19 heavy (non-hydrogen) atoms. The molecule has 1 saturated heterocycles. The minimum atomic E-state index is -0.237. The van der Waals surface area contributed by atoms with Crippen LogP contribution < -0.4 is 5.73 Å². The highest BCUT2D eigenvalue weighted by atomic mass is 16.5. The van der Waals surface area contributed by atoms with Crippen molar-refractivity contribution in [3.8, 4) is 0 Å². The second-order valence-electron chi connectivity index (χ2n) is 5.44. The minimum absolute atomic E-state index is 0.000800. The molecule has 112 valence electrons. The molecule has 0 aromatic rings. The van der Waals surface area contributed by atoms with Crippen LogP contribution >= 0.6 is 0 Å². The van der Waals surface area contributed by atoms with Gasteiger partial charge in [0, 0.05) is 19.5 Å². The number of nitrogens with two attached hydrogens (primary N) is 1. The Labute approximate surface area is 116 Å². The molecule has 0 spiro atoms. The summed E-state index contributed by atoms with van der Waals surface area (Å²) in [5.74, 6) is 0.713. The smallest absolute Gasteiger partial charge is 0.222 e. The second-order valence-corrected chi connectivity index (χ2v) is 5.44. The van der Waals surface area contributed by atoms with Gasteiger partial charge in [0.25, 0.3) is 0 Å². The molecule has 3 unspecified atom stereocenters. The van der Waals surface area contributed by atoms with Crippen molar-refractivity contribution in [1.82, 2.24) is 4.90 Å². The van der Waals surface area contributed by atoms with Gasteiger partial charge in [-0.15, -0.1) is 0 Å². The normalized spacial score (nSPS) is 25.4. The fourth-order valence-corrected chi connectivity index (χ4v) is 2.62. The molecule has 1 aliphatic rings. The summed E-state index contributed by atoms with van der Waals surface area (Å²) < 4.78 is 5.54. The molecule has 3 N–H and O–H groups in total. The van der Waals surface area contributed by atoms with Crippen LogP contribution in [0.5, 0.6) is 0 Å². The third-order valence-electron chi connectivity index (χ3n) is 3.80. The van der Waals surface area contributed by atoms with E-state index in [0.717, 1.165) is 19.3 Å². The van der Waals surface area contributed by atoms with E-state index in [-0.39, 0.29) is 24.7 Å². The Hall–Kier alpha value is -0.650. The summed E-state index contributed by atoms with van der Waals surface area (Å²) in [5.41, 5.74) is 5.57. The monoisotopic (exact) mass is 272 g/mol. The minimum Gasteiger partial charge on any atom is -0.394 e. The number of ether oxygens (including phenoxy) is 1. The van der Waals surface area contributed by atoms with Gasteiger partial charge in [-0.2, -0.15) is 0 Å². The lowest BCUT2D eigenvalue weighted by atomic mass is 9.96. The number of morpholine rings is 1. The largest absolute Gasteiger partial charge is 0.394 e. The third kappa shape index (κ3) is 5.47. The van der Waals surface area contributed by atoms with E-state index in [1.165, 1.54) is 0 Å². The van der Waals surface area contributed by atoms with Gasteiger partial charge in [-0.25, -0.2) is 0 Å². The molecule has 1 rings (SSSR count). The lowest BCUT2D eigenvalue weighted by Gasteiger charge is -2.36. The predicted molar refractivity (Wildman–Crippen MR) is 74.7 cm³/mol. The van der Waals surface area contributed by atoms with Crippen molar-refractivity contribution >= 4 is 5.91 Å². The van der Waals surface area contributed by atoms with Gasteiger partial charge in [0.05, 0.1) is 18.8 Å². The molecule has 1 aliphatic heterocycles. The molecule has 1 heterocycles. The Morgan fingerprint density at radius 1 is 1.47 bits per heavy atom. The second kappa shape index (κ2) is 8.51. The Balaban J connectivity index is 2.39. The van der Waals surface area contributed by atoms with Crippen LogP contribution in [0.25, 0.3) is 0 Å². The number of carbonyl (C=O) groups is 1. The first kappa shape index (κ1) is 16.4. The Kier molecular flexibility index (Phi) is 7.34. The van der Waals surface area contributed by atoms with Crippen LogP contribution in [0.15, 0.2) is 0 Å². The SMILES string of the molecule is CCC(CCN)CCC(=O)N1CC(C)OC(CO)C1. The molecule has 0 radical (unpaired) electrons. The number of aliphatic hydroxyl groups excluding tert-OH is 1. The van der Waals surface area contributed by atoms with Crippen molar-refractivity contribution in [2.24, 2.45) is 11.7 Å². The predicted octanol–water partition coefficient (Wildman–Crippen LogP) is 0.750. The number of hydrogen-bond acceptors (Lipinski definition) is 4. The van der Waals surface area contributed by atoms with Crippen molar-refractivity contribution in [2.75, 3.05) is 26.2 Å². The highest BCUT2D eigenvalue weighted by molar-refractivity contribution is 5.76. The maximum atomic E-state index is 12.2. The Morgan fingerprint density at radius 2 is 2.21 bits per heavy atom. The molecule has 0 aliphatic carbocycles. The topological polar surface area (TPSA) is 75.8 Å². The fourth-order valence-electron chi connectivity index (χ4n) is 2.62. The summed E-state index contributed by atoms with van der Waals surface area (Å²) in [6.07, 6.45) is 3.30. The van der Waals surface area contributed by atoms with Gasteiger partial charge in [0.2, 0.25) is 5.91 Å². The molecule has 1 amide bonds. The van der Waals surface area contributed by atoms with E-state index in [4.69, 9.17) is 15.6 Å². The fraction of sp³-hybridized carbons (Fsp3) is 0.929. The van der Waals surface area contributed by atoms with Crippen molar-refractivity contribution < 1.29 is 14.6 Å². The highest BCUT2D eigenvalue weighted by Gasteiger charge is 2.27. The van der Waals surface area contributed by atoms with Crippen molar-refractivity contribution in [1.29, 1.82) is 0 Å². The summed E-state index contributed by atoms with van der Waals surface area (Å²) in [5, 5.41) is 9.16. The molecule has 3 atom stereocenters. The Morgan fingerprint density at radius 3 is 2.79 bits per heavy atom. The summed E-state index contributed by atoms with van der Waals surface area (Å²) in [6, 6.07) is 0. The van der Waals surface area contributed by atoms with Crippen LogP contribution in [-0.4, -0.2) is 54.4 Å². The van der Waals surface area contributed by atoms with Crippen LogP contribution in [0.1, 0.15) is 39.5 Å². The van der Waals surface area contributed by atoms with Crippen LogP contribution in [0, 0.1) is 5.92 Å². The van der Waals surface area contributed by atoms with Crippen LogP contribution in [0.2, 0.25) is 0 Å². The van der Waals surface area contributed by atoms with Crippen LogP contribution in [0.3, 0.4) is 0 Å². The molecule has 0 aromatic heterocycles. The number of nitrogens with zero attached hydrogens (tertiary/aromatic N) is 1. The van der Waals surface area contributed by atoms with Crippen molar-refractivity contribution in [3.05, 3.63) is 0 Å². The number of aliphatic hydroxyl groups is 1. The highest BCUT2D eigenvalue weighted by Crippen LogP contribution is 2.17. The van der Waals surface area contributed by atoms with E-state index in [0.29, 0.717) is 32.0 Å². The first-order valence-corrected chi connectivity index (χ1v) is 7.34. The summed E-state index contributed by atoms with van der Waals surface area (Å²) >= 11 is 0. The first-order valence-electron chi connectivity index (χ1n) is 7.34. The van der Waals surface area contributed by atoms with Crippen molar-refractivity contribution in [3.63, 3.8) is 0 Å². The van der Waals surface area contributed by atoms with E-state index < -0.39 is 0 Å². The lowest BCUT2D eigenvalue weighted by molar-refractivity contribution is -0.147. The number of amides is 1. The third-order valence-corrected chi connectivity index (χ3v) is 3.80. The zero-order chi connectivity index (χ0) is 14.3. The lowest BCUT2D eigenvalue weighted by Crippen LogP contribution is -2.50. The maximum absolute atomic E-state index is 12.2.